The molecule has 0 bridgehead atoms. The second kappa shape index (κ2) is 8.48. The van der Waals surface area contributed by atoms with E-state index >= 15 is 0 Å². The number of alkyl halides is 3. The van der Waals surface area contributed by atoms with Crippen molar-refractivity contribution in [1.82, 2.24) is 15.3 Å². The molecular weight excluding hydrogens is 473 g/mol. The van der Waals surface area contributed by atoms with Crippen LogP contribution in [0, 0.1) is 0 Å². The molecule has 1 aliphatic heterocycles. The van der Waals surface area contributed by atoms with E-state index in [1.807, 2.05) is 0 Å². The Kier molecular flexibility index (Phi) is 6.07. The summed E-state index contributed by atoms with van der Waals surface area (Å²) < 4.78 is 38.1. The van der Waals surface area contributed by atoms with Crippen LogP contribution in [0.4, 0.5) is 14.6 Å². The van der Waals surface area contributed by atoms with Gasteiger partial charge >= 0.3 is 0 Å². The summed E-state index contributed by atoms with van der Waals surface area (Å²) in [6, 6.07) is 1.12. The summed E-state index contributed by atoms with van der Waals surface area (Å²) in [5.74, 6) is -1.47. The Morgan fingerprint density at radius 3 is 2.42 bits per heavy atom. The van der Waals surface area contributed by atoms with E-state index in [9.17, 15) is 8.78 Å². The van der Waals surface area contributed by atoms with E-state index in [1.54, 1.807) is 18.3 Å². The molecule has 0 saturated heterocycles. The van der Waals surface area contributed by atoms with Crippen LogP contribution in [0.3, 0.4) is 0 Å². The van der Waals surface area contributed by atoms with E-state index < -0.39 is 17.5 Å². The molecular formula is C20H19Cl3F2N4O2. The standard InChI is InChI=1S/C20H19Cl3F2N4O2/c1-30-12-6-13(31-2)17(23)15(16(12)22)19-28-11-8-26-14(21)5-10(11)18(29-19)27-9-3-4-20(24,25)7-9/h5-6,8-9,14,26H,3-4,7H2,1-2H3,(H,27,28,29). The fourth-order valence-electron chi connectivity index (χ4n) is 3.68. The van der Waals surface area contributed by atoms with Crippen LogP contribution in [0.5, 0.6) is 11.5 Å². The fourth-order valence-corrected chi connectivity index (χ4v) is 4.54. The van der Waals surface area contributed by atoms with Gasteiger partial charge in [-0.25, -0.2) is 18.7 Å². The van der Waals surface area contributed by atoms with Gasteiger partial charge in [0.1, 0.15) is 22.8 Å². The van der Waals surface area contributed by atoms with E-state index in [0.717, 1.165) is 0 Å². The lowest BCUT2D eigenvalue weighted by Crippen LogP contribution is -2.42. The third kappa shape index (κ3) is 4.33. The van der Waals surface area contributed by atoms with Gasteiger partial charge in [-0.15, -0.1) is 0 Å². The van der Waals surface area contributed by atoms with Crippen molar-refractivity contribution < 1.29 is 18.3 Å². The molecule has 0 spiro atoms. The summed E-state index contributed by atoms with van der Waals surface area (Å²) in [6.07, 6.45) is 3.21. The summed E-state index contributed by atoms with van der Waals surface area (Å²) in [5.41, 5.74) is -0.180. The van der Waals surface area contributed by atoms with Crippen molar-refractivity contribution >= 4 is 52.9 Å². The molecule has 2 atom stereocenters. The minimum Gasteiger partial charge on any atom is -0.495 e. The van der Waals surface area contributed by atoms with Gasteiger partial charge < -0.3 is 20.1 Å². The van der Waals surface area contributed by atoms with Gasteiger partial charge in [0.05, 0.1) is 35.2 Å². The molecule has 1 aliphatic carbocycles. The van der Waals surface area contributed by atoms with Crippen LogP contribution in [0.2, 0.25) is 10.0 Å². The first-order chi connectivity index (χ1) is 14.7. The number of hydrogen-bond donors (Lipinski definition) is 2. The van der Waals surface area contributed by atoms with Crippen molar-refractivity contribution in [3.63, 3.8) is 0 Å². The maximum Gasteiger partial charge on any atom is 0.250 e. The van der Waals surface area contributed by atoms with Gasteiger partial charge in [0.2, 0.25) is 5.92 Å². The SMILES string of the molecule is COc1cc(OC)c(Cl)c(-c2nc(NC3CCC(F)(F)C3)c3c(n2)=CNC(Cl)C=3)c1Cl. The predicted molar refractivity (Wildman–Crippen MR) is 118 cm³/mol. The van der Waals surface area contributed by atoms with E-state index in [-0.39, 0.29) is 28.7 Å². The molecule has 2 aliphatic rings. The Hall–Kier alpha value is -2.03. The molecule has 2 aromatic rings. The van der Waals surface area contributed by atoms with Crippen molar-refractivity contribution in [2.24, 2.45) is 0 Å². The number of aromatic nitrogens is 2. The summed E-state index contributed by atoms with van der Waals surface area (Å²) in [7, 11) is 2.93. The number of rotatable bonds is 5. The Morgan fingerprint density at radius 1 is 1.16 bits per heavy atom. The molecule has 1 aromatic heterocycles. The molecule has 11 heteroatoms. The predicted octanol–water partition coefficient (Wildman–Crippen LogP) is 3.75. The first-order valence-corrected chi connectivity index (χ1v) is 10.7. The molecule has 0 radical (unpaired) electrons. The van der Waals surface area contributed by atoms with E-state index in [0.29, 0.717) is 39.9 Å². The molecule has 166 valence electrons. The van der Waals surface area contributed by atoms with Crippen LogP contribution < -0.4 is 30.7 Å². The van der Waals surface area contributed by atoms with Gasteiger partial charge in [0.15, 0.2) is 5.82 Å². The normalized spacial score (nSPS) is 21.4. The van der Waals surface area contributed by atoms with Crippen LogP contribution in [-0.2, 0) is 0 Å². The largest absolute Gasteiger partial charge is 0.495 e. The highest BCUT2D eigenvalue weighted by atomic mass is 35.5. The van der Waals surface area contributed by atoms with Gasteiger partial charge in [0.25, 0.3) is 0 Å². The second-order valence-corrected chi connectivity index (χ2v) is 8.52. The van der Waals surface area contributed by atoms with Gasteiger partial charge in [-0.05, 0) is 12.5 Å². The molecule has 6 nitrogen and oxygen atoms in total. The van der Waals surface area contributed by atoms with Gasteiger partial charge in [-0.3, -0.25) is 0 Å². The summed E-state index contributed by atoms with van der Waals surface area (Å²) >= 11 is 19.2. The molecule has 2 N–H and O–H groups in total. The third-order valence-electron chi connectivity index (χ3n) is 5.21. The van der Waals surface area contributed by atoms with Crippen molar-refractivity contribution in [2.75, 3.05) is 19.5 Å². The fraction of sp³-hybridized carbons (Fsp3) is 0.400. The molecule has 2 heterocycles. The van der Waals surface area contributed by atoms with Crippen molar-refractivity contribution in [3.05, 3.63) is 26.7 Å². The summed E-state index contributed by atoms with van der Waals surface area (Å²) in [5, 5.41) is 7.62. The number of anilines is 1. The number of halogens is 5. The molecule has 1 aromatic carbocycles. The quantitative estimate of drug-likeness (QED) is 0.490. The number of hydrogen-bond acceptors (Lipinski definition) is 6. The van der Waals surface area contributed by atoms with E-state index in [2.05, 4.69) is 20.6 Å². The van der Waals surface area contributed by atoms with Gasteiger partial charge in [-0.2, -0.15) is 0 Å². The Labute approximate surface area is 192 Å². The van der Waals surface area contributed by atoms with Gasteiger partial charge in [-0.1, -0.05) is 34.8 Å². The summed E-state index contributed by atoms with van der Waals surface area (Å²) in [6.45, 7) is 0. The number of benzene rings is 1. The van der Waals surface area contributed by atoms with Crippen molar-refractivity contribution in [1.29, 1.82) is 0 Å². The number of methoxy groups -OCH3 is 2. The summed E-state index contributed by atoms with van der Waals surface area (Å²) in [4.78, 5) is 9.16. The number of nitrogens with zero attached hydrogens (tertiary/aromatic N) is 2. The van der Waals surface area contributed by atoms with E-state index in [4.69, 9.17) is 44.3 Å². The first-order valence-electron chi connectivity index (χ1n) is 9.47. The lowest BCUT2D eigenvalue weighted by atomic mass is 10.1. The number of nitrogens with one attached hydrogen (secondary N) is 2. The van der Waals surface area contributed by atoms with Crippen LogP contribution in [-0.4, -0.2) is 41.7 Å². The molecule has 31 heavy (non-hydrogen) atoms. The lowest BCUT2D eigenvalue weighted by molar-refractivity contribution is 0.00851. The smallest absolute Gasteiger partial charge is 0.250 e. The number of ether oxygens (including phenoxy) is 2. The maximum absolute atomic E-state index is 13.7. The highest BCUT2D eigenvalue weighted by molar-refractivity contribution is 6.40. The van der Waals surface area contributed by atoms with Crippen LogP contribution in [0.15, 0.2) is 6.07 Å². The maximum atomic E-state index is 13.7. The molecule has 2 unspecified atom stereocenters. The zero-order chi connectivity index (χ0) is 22.3. The Bertz CT molecular complexity index is 1120. The van der Waals surface area contributed by atoms with Crippen LogP contribution >= 0.6 is 34.8 Å². The topological polar surface area (TPSA) is 68.3 Å². The van der Waals surface area contributed by atoms with E-state index in [1.165, 1.54) is 14.2 Å². The minimum absolute atomic E-state index is 0.176. The highest BCUT2D eigenvalue weighted by Crippen LogP contribution is 2.45. The van der Waals surface area contributed by atoms with Crippen LogP contribution in [0.25, 0.3) is 23.7 Å². The second-order valence-electron chi connectivity index (χ2n) is 7.30. The molecule has 4 rings (SSSR count). The van der Waals surface area contributed by atoms with Crippen LogP contribution in [0.1, 0.15) is 19.3 Å². The number of fused-ring (bicyclic) bond motifs is 1. The lowest BCUT2D eigenvalue weighted by Gasteiger charge is -2.19. The Morgan fingerprint density at radius 2 is 1.84 bits per heavy atom. The highest BCUT2D eigenvalue weighted by Gasteiger charge is 2.39. The molecule has 0 amide bonds. The van der Waals surface area contributed by atoms with Crippen molar-refractivity contribution in [3.8, 4) is 22.9 Å². The minimum atomic E-state index is -2.70. The molecule has 1 saturated carbocycles. The zero-order valence-electron chi connectivity index (χ0n) is 16.6. The van der Waals surface area contributed by atoms with Gasteiger partial charge in [0, 0.05) is 36.4 Å². The monoisotopic (exact) mass is 490 g/mol. The Balaban J connectivity index is 1.89. The van der Waals surface area contributed by atoms with Crippen molar-refractivity contribution in [2.45, 2.75) is 36.7 Å². The third-order valence-corrected chi connectivity index (χ3v) is 6.21. The zero-order valence-corrected chi connectivity index (χ0v) is 18.9. The average molecular weight is 492 g/mol. The average Bonchev–Trinajstić information content (AvgIpc) is 3.07. The molecule has 1 fully saturated rings. The first kappa shape index (κ1) is 22.2.